The van der Waals surface area contributed by atoms with Gasteiger partial charge in [-0.1, -0.05) is 37.3 Å². The van der Waals surface area contributed by atoms with Crippen LogP contribution in [0.3, 0.4) is 0 Å². The number of urea groups is 1. The average molecular weight is 407 g/mol. The van der Waals surface area contributed by atoms with Crippen molar-refractivity contribution in [1.82, 2.24) is 15.1 Å². The van der Waals surface area contributed by atoms with Crippen LogP contribution in [0.4, 0.5) is 4.79 Å². The molecule has 8 nitrogen and oxygen atoms in total. The highest BCUT2D eigenvalue weighted by molar-refractivity contribution is 7.91. The third kappa shape index (κ3) is 3.50. The molecule has 28 heavy (non-hydrogen) atoms. The molecule has 3 rings (SSSR count). The van der Waals surface area contributed by atoms with Gasteiger partial charge in [0.2, 0.25) is 5.91 Å². The molecule has 0 unspecified atom stereocenters. The summed E-state index contributed by atoms with van der Waals surface area (Å²) in [7, 11) is -3.15. The minimum absolute atomic E-state index is 0.0531. The Bertz CT molecular complexity index is 886. The number of likely N-dealkylation sites (N-methyl/N-ethyl adjacent to an activating group) is 1. The molecule has 1 N–H and O–H groups in total. The Hall–Kier alpha value is -2.42. The Kier molecular flexibility index (Phi) is 5.47. The van der Waals surface area contributed by atoms with Crippen LogP contribution in [0.1, 0.15) is 32.3 Å². The number of carbonyl (C=O) groups excluding carboxylic acids is 3. The van der Waals surface area contributed by atoms with E-state index in [1.54, 1.807) is 38.1 Å². The minimum Gasteiger partial charge on any atom is -0.337 e. The highest BCUT2D eigenvalue weighted by Gasteiger charge is 2.52. The number of rotatable bonds is 6. The van der Waals surface area contributed by atoms with Gasteiger partial charge in [-0.3, -0.25) is 14.5 Å². The SMILES string of the molecule is CCN(C(=O)CN1C(=O)N[C@@](CC)(c2ccccc2)C1=O)[C@H]1CCS(=O)(=O)C1. The van der Waals surface area contributed by atoms with Gasteiger partial charge in [0.1, 0.15) is 12.1 Å². The molecule has 0 radical (unpaired) electrons. The number of nitrogens with one attached hydrogen (secondary N) is 1. The molecule has 152 valence electrons. The predicted octanol–water partition coefficient (Wildman–Crippen LogP) is 0.879. The molecule has 0 bridgehead atoms. The first-order chi connectivity index (χ1) is 13.2. The van der Waals surface area contributed by atoms with Crippen LogP contribution < -0.4 is 5.32 Å². The molecule has 1 aromatic rings. The number of carbonyl (C=O) groups is 3. The Morgan fingerprint density at radius 3 is 2.46 bits per heavy atom. The lowest BCUT2D eigenvalue weighted by Crippen LogP contribution is -2.48. The van der Waals surface area contributed by atoms with Crippen molar-refractivity contribution in [1.29, 1.82) is 0 Å². The van der Waals surface area contributed by atoms with Gasteiger partial charge >= 0.3 is 6.03 Å². The van der Waals surface area contributed by atoms with E-state index in [2.05, 4.69) is 5.32 Å². The Balaban J connectivity index is 1.79. The fraction of sp³-hybridized carbons (Fsp3) is 0.526. The van der Waals surface area contributed by atoms with Crippen LogP contribution in [0.5, 0.6) is 0 Å². The van der Waals surface area contributed by atoms with E-state index in [1.165, 1.54) is 4.90 Å². The van der Waals surface area contributed by atoms with Crippen molar-refractivity contribution in [3.63, 3.8) is 0 Å². The highest BCUT2D eigenvalue weighted by Crippen LogP contribution is 2.32. The van der Waals surface area contributed by atoms with Gasteiger partial charge in [-0.25, -0.2) is 13.2 Å². The molecule has 0 aliphatic carbocycles. The molecular weight excluding hydrogens is 382 g/mol. The van der Waals surface area contributed by atoms with Gasteiger partial charge in [-0.15, -0.1) is 0 Å². The molecular formula is C19H25N3O5S. The van der Waals surface area contributed by atoms with E-state index >= 15 is 0 Å². The van der Waals surface area contributed by atoms with Gasteiger partial charge in [-0.05, 0) is 25.3 Å². The first-order valence-corrected chi connectivity index (χ1v) is 11.3. The van der Waals surface area contributed by atoms with Gasteiger partial charge in [0.15, 0.2) is 9.84 Å². The van der Waals surface area contributed by atoms with E-state index < -0.39 is 45.8 Å². The van der Waals surface area contributed by atoms with E-state index in [4.69, 9.17) is 0 Å². The third-order valence-electron chi connectivity index (χ3n) is 5.58. The standard InChI is InChI=1S/C19H25N3O5S/c1-3-19(14-8-6-5-7-9-14)17(24)22(18(25)20-19)12-16(23)21(4-2)15-10-11-28(26,27)13-15/h5-9,15H,3-4,10-13H2,1-2H3,(H,20,25)/t15-,19-/m0/s1. The normalized spacial score (nSPS) is 26.4. The molecule has 2 atom stereocenters. The van der Waals surface area contributed by atoms with Crippen LogP contribution in [0, 0.1) is 0 Å². The fourth-order valence-corrected chi connectivity index (χ4v) is 5.75. The summed E-state index contributed by atoms with van der Waals surface area (Å²) >= 11 is 0. The van der Waals surface area contributed by atoms with Crippen molar-refractivity contribution in [3.05, 3.63) is 35.9 Å². The molecule has 0 spiro atoms. The van der Waals surface area contributed by atoms with Crippen molar-refractivity contribution in [2.45, 2.75) is 38.3 Å². The van der Waals surface area contributed by atoms with Crippen molar-refractivity contribution in [2.24, 2.45) is 0 Å². The second-order valence-corrected chi connectivity index (χ2v) is 9.41. The van der Waals surface area contributed by atoms with Crippen LogP contribution >= 0.6 is 0 Å². The topological polar surface area (TPSA) is 104 Å². The maximum atomic E-state index is 13.1. The molecule has 2 aliphatic heterocycles. The molecule has 0 aromatic heterocycles. The summed E-state index contributed by atoms with van der Waals surface area (Å²) < 4.78 is 23.5. The van der Waals surface area contributed by atoms with Gasteiger partial charge in [0, 0.05) is 12.6 Å². The van der Waals surface area contributed by atoms with Gasteiger partial charge < -0.3 is 10.2 Å². The summed E-state index contributed by atoms with van der Waals surface area (Å²) in [4.78, 5) is 40.9. The summed E-state index contributed by atoms with van der Waals surface area (Å²) in [5.41, 5.74) is -0.521. The molecule has 2 fully saturated rings. The summed E-state index contributed by atoms with van der Waals surface area (Å²) in [6.45, 7) is 3.48. The monoisotopic (exact) mass is 407 g/mol. The molecule has 2 heterocycles. The molecule has 0 saturated carbocycles. The zero-order valence-corrected chi connectivity index (χ0v) is 16.9. The lowest BCUT2D eigenvalue weighted by molar-refractivity contribution is -0.140. The Labute approximate surface area is 164 Å². The van der Waals surface area contributed by atoms with Crippen molar-refractivity contribution >= 4 is 27.7 Å². The fourth-order valence-electron chi connectivity index (χ4n) is 4.02. The summed E-state index contributed by atoms with van der Waals surface area (Å²) in [6, 6.07) is 7.93. The number of sulfone groups is 1. The van der Waals surface area contributed by atoms with Crippen molar-refractivity contribution < 1.29 is 22.8 Å². The highest BCUT2D eigenvalue weighted by atomic mass is 32.2. The van der Waals surface area contributed by atoms with E-state index in [-0.39, 0.29) is 11.5 Å². The Morgan fingerprint density at radius 2 is 1.93 bits per heavy atom. The van der Waals surface area contributed by atoms with E-state index in [1.807, 2.05) is 6.07 Å². The zero-order chi connectivity index (χ0) is 20.5. The molecule has 2 aliphatic rings. The smallest absolute Gasteiger partial charge is 0.325 e. The number of imide groups is 1. The number of amides is 4. The van der Waals surface area contributed by atoms with E-state index in [0.717, 1.165) is 4.90 Å². The second-order valence-electron chi connectivity index (χ2n) is 7.18. The third-order valence-corrected chi connectivity index (χ3v) is 7.33. The zero-order valence-electron chi connectivity index (χ0n) is 16.1. The van der Waals surface area contributed by atoms with Crippen LogP contribution in [-0.2, 0) is 25.0 Å². The van der Waals surface area contributed by atoms with Crippen LogP contribution in [-0.4, -0.2) is 66.7 Å². The van der Waals surface area contributed by atoms with Crippen molar-refractivity contribution in [3.8, 4) is 0 Å². The number of hydrogen-bond acceptors (Lipinski definition) is 5. The summed E-state index contributed by atoms with van der Waals surface area (Å²) in [6.07, 6.45) is 0.732. The molecule has 9 heteroatoms. The summed E-state index contributed by atoms with van der Waals surface area (Å²) in [5.74, 6) is -0.907. The predicted molar refractivity (Wildman–Crippen MR) is 103 cm³/mol. The van der Waals surface area contributed by atoms with Crippen LogP contribution in [0.15, 0.2) is 30.3 Å². The maximum absolute atomic E-state index is 13.1. The minimum atomic E-state index is -3.15. The largest absolute Gasteiger partial charge is 0.337 e. The van der Waals surface area contributed by atoms with Gasteiger partial charge in [0.25, 0.3) is 5.91 Å². The van der Waals surface area contributed by atoms with Gasteiger partial charge in [-0.2, -0.15) is 0 Å². The lowest BCUT2D eigenvalue weighted by Gasteiger charge is -2.29. The number of nitrogens with zero attached hydrogens (tertiary/aromatic N) is 2. The van der Waals surface area contributed by atoms with Crippen LogP contribution in [0.2, 0.25) is 0 Å². The molecule has 2 saturated heterocycles. The lowest BCUT2D eigenvalue weighted by atomic mass is 9.87. The van der Waals surface area contributed by atoms with E-state index in [9.17, 15) is 22.8 Å². The quantitative estimate of drug-likeness (QED) is 0.705. The average Bonchev–Trinajstić information content (AvgIpc) is 3.15. The molecule has 1 aromatic carbocycles. The van der Waals surface area contributed by atoms with Crippen LogP contribution in [0.25, 0.3) is 0 Å². The van der Waals surface area contributed by atoms with Gasteiger partial charge in [0.05, 0.1) is 11.5 Å². The first kappa shape index (κ1) is 20.3. The van der Waals surface area contributed by atoms with Crippen molar-refractivity contribution in [2.75, 3.05) is 24.6 Å². The summed E-state index contributed by atoms with van der Waals surface area (Å²) in [5, 5.41) is 2.75. The second kappa shape index (κ2) is 7.54. The maximum Gasteiger partial charge on any atom is 0.325 e. The number of benzene rings is 1. The van der Waals surface area contributed by atoms with E-state index in [0.29, 0.717) is 24.9 Å². The first-order valence-electron chi connectivity index (χ1n) is 9.43. The Morgan fingerprint density at radius 1 is 1.25 bits per heavy atom. The number of hydrogen-bond donors (Lipinski definition) is 1. The molecule has 4 amide bonds.